The van der Waals surface area contributed by atoms with Crippen LogP contribution in [0.5, 0.6) is 0 Å². The van der Waals surface area contributed by atoms with Crippen LogP contribution < -0.4 is 5.32 Å². The molecule has 0 fully saturated rings. The summed E-state index contributed by atoms with van der Waals surface area (Å²) >= 11 is 0. The molecule has 0 saturated carbocycles. The standard InChI is InChI=1S/C17H23N3O3S/c1-10-7-8-14(9-15(10)24(6,22)23)17(21)18-11(2)16-12(3)19-20(5)13(16)4/h7-9,11H,1-6H3,(H,18,21)/t11-/m1/s1. The van der Waals surface area contributed by atoms with Gasteiger partial charge in [-0.05, 0) is 45.4 Å². The highest BCUT2D eigenvalue weighted by molar-refractivity contribution is 7.90. The Morgan fingerprint density at radius 2 is 1.88 bits per heavy atom. The number of sulfone groups is 1. The van der Waals surface area contributed by atoms with E-state index in [9.17, 15) is 13.2 Å². The van der Waals surface area contributed by atoms with Gasteiger partial charge in [-0.15, -0.1) is 0 Å². The SMILES string of the molecule is Cc1ccc(C(=O)N[C@H](C)c2c(C)nn(C)c2C)cc1S(C)(=O)=O. The molecular weight excluding hydrogens is 326 g/mol. The first-order chi connectivity index (χ1) is 11.0. The van der Waals surface area contributed by atoms with Gasteiger partial charge in [-0.25, -0.2) is 8.42 Å². The zero-order valence-corrected chi connectivity index (χ0v) is 15.7. The first kappa shape index (κ1) is 18.2. The van der Waals surface area contributed by atoms with Crippen molar-refractivity contribution in [3.63, 3.8) is 0 Å². The monoisotopic (exact) mass is 349 g/mol. The fourth-order valence-electron chi connectivity index (χ4n) is 2.91. The van der Waals surface area contributed by atoms with E-state index in [1.165, 1.54) is 6.07 Å². The van der Waals surface area contributed by atoms with Crippen molar-refractivity contribution in [3.05, 3.63) is 46.3 Å². The third-order valence-corrected chi connectivity index (χ3v) is 5.43. The van der Waals surface area contributed by atoms with Crippen LogP contribution in [0.4, 0.5) is 0 Å². The molecule has 1 aromatic carbocycles. The van der Waals surface area contributed by atoms with Gasteiger partial charge in [-0.1, -0.05) is 6.07 Å². The number of nitrogens with one attached hydrogen (secondary N) is 1. The van der Waals surface area contributed by atoms with Crippen molar-refractivity contribution in [2.45, 2.75) is 38.6 Å². The molecule has 0 radical (unpaired) electrons. The van der Waals surface area contributed by atoms with E-state index in [4.69, 9.17) is 0 Å². The molecular formula is C17H23N3O3S. The number of nitrogens with zero attached hydrogens (tertiary/aromatic N) is 2. The molecule has 24 heavy (non-hydrogen) atoms. The third kappa shape index (κ3) is 3.51. The maximum absolute atomic E-state index is 12.5. The van der Waals surface area contributed by atoms with Crippen LogP contribution in [-0.4, -0.2) is 30.4 Å². The summed E-state index contributed by atoms with van der Waals surface area (Å²) in [7, 11) is -1.51. The van der Waals surface area contributed by atoms with Crippen LogP contribution in [0.15, 0.2) is 23.1 Å². The highest BCUT2D eigenvalue weighted by Gasteiger charge is 2.20. The van der Waals surface area contributed by atoms with Crippen molar-refractivity contribution in [3.8, 4) is 0 Å². The number of hydrogen-bond donors (Lipinski definition) is 1. The summed E-state index contributed by atoms with van der Waals surface area (Å²) in [6.45, 7) is 7.45. The Bertz CT molecular complexity index is 898. The van der Waals surface area contributed by atoms with Crippen LogP contribution in [0.3, 0.4) is 0 Å². The lowest BCUT2D eigenvalue weighted by molar-refractivity contribution is 0.0939. The Morgan fingerprint density at radius 3 is 2.38 bits per heavy atom. The molecule has 1 N–H and O–H groups in total. The molecule has 0 spiro atoms. The van der Waals surface area contributed by atoms with Gasteiger partial charge in [0.05, 0.1) is 16.6 Å². The molecule has 1 aromatic heterocycles. The van der Waals surface area contributed by atoms with Crippen molar-refractivity contribution in [2.24, 2.45) is 7.05 Å². The fraction of sp³-hybridized carbons (Fsp3) is 0.412. The summed E-state index contributed by atoms with van der Waals surface area (Å²) in [5, 5.41) is 7.27. The number of hydrogen-bond acceptors (Lipinski definition) is 4. The summed E-state index contributed by atoms with van der Waals surface area (Å²) in [6, 6.07) is 4.48. The Balaban J connectivity index is 2.30. The number of rotatable bonds is 4. The molecule has 1 amide bonds. The van der Waals surface area contributed by atoms with Gasteiger partial charge in [-0.2, -0.15) is 5.10 Å². The van der Waals surface area contributed by atoms with Gasteiger partial charge in [0, 0.05) is 30.1 Å². The fourth-order valence-corrected chi connectivity index (χ4v) is 3.90. The number of aryl methyl sites for hydroxylation is 3. The van der Waals surface area contributed by atoms with Gasteiger partial charge in [0.2, 0.25) is 0 Å². The summed E-state index contributed by atoms with van der Waals surface area (Å²) in [6.07, 6.45) is 1.14. The quantitative estimate of drug-likeness (QED) is 0.918. The number of benzene rings is 1. The maximum Gasteiger partial charge on any atom is 0.251 e. The van der Waals surface area contributed by atoms with Crippen molar-refractivity contribution in [2.75, 3.05) is 6.26 Å². The molecule has 0 saturated heterocycles. The molecule has 2 rings (SSSR count). The van der Waals surface area contributed by atoms with E-state index in [2.05, 4.69) is 10.4 Å². The van der Waals surface area contributed by atoms with Gasteiger partial charge in [-0.3, -0.25) is 9.48 Å². The minimum absolute atomic E-state index is 0.177. The van der Waals surface area contributed by atoms with E-state index >= 15 is 0 Å². The van der Waals surface area contributed by atoms with Gasteiger partial charge in [0.15, 0.2) is 9.84 Å². The predicted molar refractivity (Wildman–Crippen MR) is 92.9 cm³/mol. The van der Waals surface area contributed by atoms with Gasteiger partial charge in [0.25, 0.3) is 5.91 Å². The highest BCUT2D eigenvalue weighted by atomic mass is 32.2. The van der Waals surface area contributed by atoms with Crippen LogP contribution >= 0.6 is 0 Å². The number of carbonyl (C=O) groups excluding carboxylic acids is 1. The topological polar surface area (TPSA) is 81.1 Å². The second-order valence-electron chi connectivity index (χ2n) is 6.16. The molecule has 1 heterocycles. The molecule has 0 aliphatic carbocycles. The first-order valence-electron chi connectivity index (χ1n) is 7.64. The molecule has 6 nitrogen and oxygen atoms in total. The summed E-state index contributed by atoms with van der Waals surface area (Å²) < 4.78 is 25.4. The molecule has 0 unspecified atom stereocenters. The van der Waals surface area contributed by atoms with E-state index in [0.717, 1.165) is 23.2 Å². The van der Waals surface area contributed by atoms with Crippen LogP contribution in [0.2, 0.25) is 0 Å². The second kappa shape index (κ2) is 6.39. The van der Waals surface area contributed by atoms with E-state index in [-0.39, 0.29) is 16.8 Å². The molecule has 0 aliphatic heterocycles. The maximum atomic E-state index is 12.5. The predicted octanol–water partition coefficient (Wildman–Crippen LogP) is 2.24. The Morgan fingerprint density at radius 1 is 1.25 bits per heavy atom. The van der Waals surface area contributed by atoms with E-state index in [0.29, 0.717) is 11.1 Å². The summed E-state index contributed by atoms with van der Waals surface area (Å²) in [5.74, 6) is -0.310. The molecule has 130 valence electrons. The lowest BCUT2D eigenvalue weighted by Crippen LogP contribution is -2.27. The number of aromatic nitrogens is 2. The minimum Gasteiger partial charge on any atom is -0.345 e. The Kier molecular flexibility index (Phi) is 4.85. The van der Waals surface area contributed by atoms with Gasteiger partial charge < -0.3 is 5.32 Å². The average molecular weight is 349 g/mol. The molecule has 1 atom stereocenters. The zero-order valence-electron chi connectivity index (χ0n) is 14.8. The third-order valence-electron chi connectivity index (χ3n) is 4.20. The van der Waals surface area contributed by atoms with Crippen molar-refractivity contribution in [1.82, 2.24) is 15.1 Å². The average Bonchev–Trinajstić information content (AvgIpc) is 2.71. The number of carbonyl (C=O) groups is 1. The molecule has 0 aliphatic rings. The largest absolute Gasteiger partial charge is 0.345 e. The lowest BCUT2D eigenvalue weighted by Gasteiger charge is -2.15. The van der Waals surface area contributed by atoms with E-state index in [1.807, 2.05) is 27.8 Å². The summed E-state index contributed by atoms with van der Waals surface area (Å²) in [5.41, 5.74) is 3.78. The van der Waals surface area contributed by atoms with Gasteiger partial charge in [0.1, 0.15) is 0 Å². The molecule has 7 heteroatoms. The summed E-state index contributed by atoms with van der Waals surface area (Å²) in [4.78, 5) is 12.7. The van der Waals surface area contributed by atoms with E-state index in [1.54, 1.807) is 23.7 Å². The van der Waals surface area contributed by atoms with Crippen LogP contribution in [0.25, 0.3) is 0 Å². The molecule has 2 aromatic rings. The van der Waals surface area contributed by atoms with Crippen molar-refractivity contribution in [1.29, 1.82) is 0 Å². The van der Waals surface area contributed by atoms with Crippen LogP contribution in [0.1, 0.15) is 45.8 Å². The molecule has 0 bridgehead atoms. The Hall–Kier alpha value is -2.15. The number of amides is 1. The second-order valence-corrected chi connectivity index (χ2v) is 8.14. The lowest BCUT2D eigenvalue weighted by atomic mass is 10.1. The first-order valence-corrected chi connectivity index (χ1v) is 9.53. The normalized spacial score (nSPS) is 12.9. The van der Waals surface area contributed by atoms with E-state index < -0.39 is 9.84 Å². The van der Waals surface area contributed by atoms with Gasteiger partial charge >= 0.3 is 0 Å². The zero-order chi connectivity index (χ0) is 18.2. The Labute approximate surface area is 142 Å². The minimum atomic E-state index is -3.37. The van der Waals surface area contributed by atoms with Crippen molar-refractivity contribution >= 4 is 15.7 Å². The smallest absolute Gasteiger partial charge is 0.251 e. The van der Waals surface area contributed by atoms with Crippen LogP contribution in [0, 0.1) is 20.8 Å². The highest BCUT2D eigenvalue weighted by Crippen LogP contribution is 2.22. The van der Waals surface area contributed by atoms with Crippen LogP contribution in [-0.2, 0) is 16.9 Å². The van der Waals surface area contributed by atoms with Crippen molar-refractivity contribution < 1.29 is 13.2 Å².